The van der Waals surface area contributed by atoms with E-state index in [1.165, 1.54) is 24.6 Å². The highest BCUT2D eigenvalue weighted by atomic mass is 32.2. The van der Waals surface area contributed by atoms with Gasteiger partial charge in [-0.05, 0) is 61.9 Å². The second kappa shape index (κ2) is 11.2. The minimum atomic E-state index is -3.72. The first-order chi connectivity index (χ1) is 16.0. The number of nitrogens with zero attached hydrogens (tertiary/aromatic N) is 2. The number of hydrogen-bond acceptors (Lipinski definition) is 4. The number of piperidine rings is 1. The third-order valence-electron chi connectivity index (χ3n) is 6.15. The van der Waals surface area contributed by atoms with Crippen molar-refractivity contribution in [3.05, 3.63) is 59.7 Å². The van der Waals surface area contributed by atoms with Crippen molar-refractivity contribution in [2.24, 2.45) is 5.92 Å². The molecule has 0 bridgehead atoms. The normalized spacial score (nSPS) is 17.3. The van der Waals surface area contributed by atoms with Gasteiger partial charge in [0.2, 0.25) is 15.9 Å². The topological polar surface area (TPSA) is 69.7 Å². The summed E-state index contributed by atoms with van der Waals surface area (Å²) in [5.74, 6) is -1.70. The molecule has 1 amide bonds. The van der Waals surface area contributed by atoms with E-state index in [2.05, 4.69) is 29.3 Å². The Morgan fingerprint density at radius 3 is 2.50 bits per heavy atom. The summed E-state index contributed by atoms with van der Waals surface area (Å²) in [6, 6.07) is 10.9. The van der Waals surface area contributed by atoms with Crippen LogP contribution in [0.2, 0.25) is 0 Å². The zero-order chi connectivity index (χ0) is 24.9. The first kappa shape index (κ1) is 25.9. The lowest BCUT2D eigenvalue weighted by Gasteiger charge is -2.33. The second-order valence-electron chi connectivity index (χ2n) is 9.11. The molecule has 1 aliphatic rings. The molecule has 1 aliphatic heterocycles. The van der Waals surface area contributed by atoms with Crippen LogP contribution >= 0.6 is 0 Å². The van der Waals surface area contributed by atoms with E-state index in [0.29, 0.717) is 5.92 Å². The van der Waals surface area contributed by atoms with Gasteiger partial charge in [0.1, 0.15) is 0 Å². The Hall–Kier alpha value is -2.68. The lowest BCUT2D eigenvalue weighted by molar-refractivity contribution is -0.121. The maximum atomic E-state index is 13.6. The Labute approximate surface area is 201 Å². The Morgan fingerprint density at radius 1 is 1.18 bits per heavy atom. The van der Waals surface area contributed by atoms with Gasteiger partial charge < -0.3 is 10.2 Å². The molecule has 2 aromatic carbocycles. The van der Waals surface area contributed by atoms with Gasteiger partial charge in [0.05, 0.1) is 18.0 Å². The first-order valence-corrected chi connectivity index (χ1v) is 13.5. The van der Waals surface area contributed by atoms with Crippen LogP contribution < -0.4 is 14.5 Å². The van der Waals surface area contributed by atoms with Crippen molar-refractivity contribution < 1.29 is 22.0 Å². The van der Waals surface area contributed by atoms with E-state index in [4.69, 9.17) is 0 Å². The number of amides is 1. The summed E-state index contributed by atoms with van der Waals surface area (Å²) in [6.45, 7) is 6.27. The molecule has 6 nitrogen and oxygen atoms in total. The molecule has 2 unspecified atom stereocenters. The van der Waals surface area contributed by atoms with Gasteiger partial charge in [-0.2, -0.15) is 0 Å². The molecule has 1 heterocycles. The van der Waals surface area contributed by atoms with E-state index in [0.717, 1.165) is 41.3 Å². The van der Waals surface area contributed by atoms with Crippen molar-refractivity contribution >= 4 is 27.3 Å². The van der Waals surface area contributed by atoms with Crippen molar-refractivity contribution in [2.75, 3.05) is 35.1 Å². The molecule has 3 rings (SSSR count). The Morgan fingerprint density at radius 2 is 1.88 bits per heavy atom. The molecule has 2 aromatic rings. The number of nitrogens with one attached hydrogen (secondary N) is 1. The lowest BCUT2D eigenvalue weighted by atomic mass is 9.99. The van der Waals surface area contributed by atoms with Gasteiger partial charge in [-0.25, -0.2) is 17.2 Å². The van der Waals surface area contributed by atoms with E-state index in [-0.39, 0.29) is 37.0 Å². The van der Waals surface area contributed by atoms with Gasteiger partial charge in [0.15, 0.2) is 11.6 Å². The van der Waals surface area contributed by atoms with Crippen LogP contribution in [0.3, 0.4) is 0 Å². The van der Waals surface area contributed by atoms with Crippen LogP contribution in [0.25, 0.3) is 0 Å². The highest BCUT2D eigenvalue weighted by Gasteiger charge is 2.20. The van der Waals surface area contributed by atoms with Crippen molar-refractivity contribution in [1.82, 2.24) is 5.32 Å². The number of benzene rings is 2. The monoisotopic (exact) mass is 493 g/mol. The molecule has 0 saturated carbocycles. The van der Waals surface area contributed by atoms with E-state index in [1.54, 1.807) is 0 Å². The van der Waals surface area contributed by atoms with E-state index >= 15 is 0 Å². The summed E-state index contributed by atoms with van der Waals surface area (Å²) in [5.41, 5.74) is 2.20. The number of anilines is 2. The van der Waals surface area contributed by atoms with Gasteiger partial charge in [0.25, 0.3) is 0 Å². The zero-order valence-electron chi connectivity index (χ0n) is 19.9. The van der Waals surface area contributed by atoms with Crippen LogP contribution in [-0.2, 0) is 14.8 Å². The summed E-state index contributed by atoms with van der Waals surface area (Å²) in [6.07, 6.45) is 3.79. The molecule has 34 heavy (non-hydrogen) atoms. The zero-order valence-corrected chi connectivity index (χ0v) is 20.7. The van der Waals surface area contributed by atoms with Gasteiger partial charge in [0, 0.05) is 37.8 Å². The molecular weight excluding hydrogens is 460 g/mol. The molecular formula is C25H33F2N3O3S. The van der Waals surface area contributed by atoms with Gasteiger partial charge in [-0.1, -0.05) is 19.1 Å². The molecule has 9 heteroatoms. The van der Waals surface area contributed by atoms with Crippen LogP contribution in [-0.4, -0.2) is 40.2 Å². The van der Waals surface area contributed by atoms with Gasteiger partial charge >= 0.3 is 0 Å². The molecule has 0 aromatic heterocycles. The number of sulfonamides is 1. The van der Waals surface area contributed by atoms with Crippen molar-refractivity contribution in [3.63, 3.8) is 0 Å². The first-order valence-electron chi connectivity index (χ1n) is 11.6. The van der Waals surface area contributed by atoms with E-state index in [1.807, 2.05) is 19.1 Å². The molecule has 2 atom stereocenters. The summed E-state index contributed by atoms with van der Waals surface area (Å²) in [5, 5.41) is 2.94. The summed E-state index contributed by atoms with van der Waals surface area (Å²) < 4.78 is 52.0. The van der Waals surface area contributed by atoms with E-state index in [9.17, 15) is 22.0 Å². The van der Waals surface area contributed by atoms with E-state index < -0.39 is 21.7 Å². The Balaban J connectivity index is 1.52. The molecule has 0 radical (unpaired) electrons. The number of halogens is 2. The van der Waals surface area contributed by atoms with Crippen molar-refractivity contribution in [3.8, 4) is 0 Å². The van der Waals surface area contributed by atoms with Crippen LogP contribution in [0.15, 0.2) is 42.5 Å². The summed E-state index contributed by atoms with van der Waals surface area (Å²) in [7, 11) is -3.72. The molecule has 1 saturated heterocycles. The fourth-order valence-electron chi connectivity index (χ4n) is 4.30. The minimum absolute atomic E-state index is 0.0192. The molecule has 0 aliphatic carbocycles. The van der Waals surface area contributed by atoms with Crippen molar-refractivity contribution in [2.45, 2.75) is 45.6 Å². The van der Waals surface area contributed by atoms with Crippen LogP contribution in [0.4, 0.5) is 20.2 Å². The number of carbonyl (C=O) groups is 1. The minimum Gasteiger partial charge on any atom is -0.371 e. The van der Waals surface area contributed by atoms with Gasteiger partial charge in [-0.15, -0.1) is 0 Å². The molecule has 0 spiro atoms. The smallest absolute Gasteiger partial charge is 0.232 e. The Bertz CT molecular complexity index is 1090. The van der Waals surface area contributed by atoms with Crippen LogP contribution in [0.5, 0.6) is 0 Å². The maximum absolute atomic E-state index is 13.6. The molecule has 1 N–H and O–H groups in total. The number of carbonyl (C=O) groups excluding carboxylic acids is 1. The molecule has 1 fully saturated rings. The van der Waals surface area contributed by atoms with Crippen molar-refractivity contribution in [1.29, 1.82) is 0 Å². The summed E-state index contributed by atoms with van der Waals surface area (Å²) in [4.78, 5) is 14.8. The standard InChI is InChI=1S/C25H33F2N3O3S/c1-18-6-4-14-29(17-18)21-10-8-20(9-11-21)19(2)28-25(31)7-5-15-30(34(3,32)33)22-12-13-23(26)24(27)16-22/h8-13,16,18-19H,4-7,14-15,17H2,1-3H3,(H,28,31). The fourth-order valence-corrected chi connectivity index (χ4v) is 5.26. The molecule has 186 valence electrons. The highest BCUT2D eigenvalue weighted by molar-refractivity contribution is 7.92. The SMILES string of the molecule is CC1CCCN(c2ccc(C(C)NC(=O)CCCN(c3ccc(F)c(F)c3)S(C)(=O)=O)cc2)C1. The number of hydrogen-bond donors (Lipinski definition) is 1. The van der Waals surface area contributed by atoms with Crippen LogP contribution in [0.1, 0.15) is 51.1 Å². The third kappa shape index (κ3) is 6.91. The second-order valence-corrected chi connectivity index (χ2v) is 11.0. The quantitative estimate of drug-likeness (QED) is 0.553. The Kier molecular flexibility index (Phi) is 8.52. The largest absolute Gasteiger partial charge is 0.371 e. The summed E-state index contributed by atoms with van der Waals surface area (Å²) >= 11 is 0. The lowest BCUT2D eigenvalue weighted by Crippen LogP contribution is -2.34. The predicted octanol–water partition coefficient (Wildman–Crippen LogP) is 4.62. The third-order valence-corrected chi connectivity index (χ3v) is 7.34. The predicted molar refractivity (Wildman–Crippen MR) is 131 cm³/mol. The van der Waals surface area contributed by atoms with Gasteiger partial charge in [-0.3, -0.25) is 9.10 Å². The highest BCUT2D eigenvalue weighted by Crippen LogP contribution is 2.25. The average Bonchev–Trinajstić information content (AvgIpc) is 2.78. The fraction of sp³-hybridized carbons (Fsp3) is 0.480. The van der Waals surface area contributed by atoms with Crippen LogP contribution in [0, 0.1) is 17.6 Å². The number of rotatable bonds is 9. The average molecular weight is 494 g/mol. The maximum Gasteiger partial charge on any atom is 0.232 e.